The highest BCUT2D eigenvalue weighted by atomic mass is 16.5. The lowest BCUT2D eigenvalue weighted by atomic mass is 9.88. The maximum absolute atomic E-state index is 5.75. The third-order valence-electron chi connectivity index (χ3n) is 2.93. The Morgan fingerprint density at radius 3 is 2.79 bits per heavy atom. The molecular weight excluding hydrogens is 238 g/mol. The van der Waals surface area contributed by atoms with Crippen LogP contribution in [0.2, 0.25) is 0 Å². The molecular formula is C15H27N3O. The minimum Gasteiger partial charge on any atom is -0.487 e. The minimum absolute atomic E-state index is 0.148. The highest BCUT2D eigenvalue weighted by molar-refractivity contribution is 5.49. The molecule has 108 valence electrons. The number of nitrogens with one attached hydrogen (secondary N) is 1. The zero-order valence-electron chi connectivity index (χ0n) is 12.6. The SMILES string of the molecule is CC(C)Oc1cccnc1NCC(C)(C)CCCN. The van der Waals surface area contributed by atoms with E-state index in [1.54, 1.807) is 6.20 Å². The van der Waals surface area contributed by atoms with E-state index in [4.69, 9.17) is 10.5 Å². The van der Waals surface area contributed by atoms with E-state index in [2.05, 4.69) is 24.1 Å². The third-order valence-corrected chi connectivity index (χ3v) is 2.93. The van der Waals surface area contributed by atoms with Crippen LogP contribution in [0.1, 0.15) is 40.5 Å². The molecule has 0 unspecified atom stereocenters. The van der Waals surface area contributed by atoms with Gasteiger partial charge < -0.3 is 15.8 Å². The quantitative estimate of drug-likeness (QED) is 0.758. The van der Waals surface area contributed by atoms with E-state index in [0.29, 0.717) is 0 Å². The van der Waals surface area contributed by atoms with Crippen LogP contribution in [0.25, 0.3) is 0 Å². The van der Waals surface area contributed by atoms with Crippen LogP contribution in [-0.4, -0.2) is 24.2 Å². The lowest BCUT2D eigenvalue weighted by Crippen LogP contribution is -2.24. The average Bonchev–Trinajstić information content (AvgIpc) is 2.35. The zero-order chi connectivity index (χ0) is 14.3. The molecule has 1 aromatic heterocycles. The molecule has 4 nitrogen and oxygen atoms in total. The summed E-state index contributed by atoms with van der Waals surface area (Å²) in [7, 11) is 0. The first kappa shape index (κ1) is 15.8. The van der Waals surface area contributed by atoms with Crippen molar-refractivity contribution < 1.29 is 4.74 Å². The van der Waals surface area contributed by atoms with E-state index in [-0.39, 0.29) is 11.5 Å². The van der Waals surface area contributed by atoms with Crippen LogP contribution in [0.3, 0.4) is 0 Å². The van der Waals surface area contributed by atoms with Crippen LogP contribution >= 0.6 is 0 Å². The first-order valence-electron chi connectivity index (χ1n) is 7.00. The molecule has 0 aliphatic heterocycles. The molecule has 0 fully saturated rings. The lowest BCUT2D eigenvalue weighted by molar-refractivity contribution is 0.242. The highest BCUT2D eigenvalue weighted by Crippen LogP contribution is 2.26. The minimum atomic E-state index is 0.148. The van der Waals surface area contributed by atoms with Gasteiger partial charge in [0.2, 0.25) is 0 Å². The molecule has 0 aromatic carbocycles. The lowest BCUT2D eigenvalue weighted by Gasteiger charge is -2.25. The van der Waals surface area contributed by atoms with Crippen LogP contribution in [0.5, 0.6) is 5.75 Å². The van der Waals surface area contributed by atoms with Gasteiger partial charge in [-0.2, -0.15) is 0 Å². The Morgan fingerprint density at radius 2 is 2.16 bits per heavy atom. The summed E-state index contributed by atoms with van der Waals surface area (Å²) in [4.78, 5) is 4.35. The monoisotopic (exact) mass is 265 g/mol. The molecule has 1 aromatic rings. The Balaban J connectivity index is 2.61. The zero-order valence-corrected chi connectivity index (χ0v) is 12.6. The number of anilines is 1. The highest BCUT2D eigenvalue weighted by Gasteiger charge is 2.18. The second kappa shape index (κ2) is 7.34. The van der Waals surface area contributed by atoms with Crippen LogP contribution in [0.15, 0.2) is 18.3 Å². The van der Waals surface area contributed by atoms with E-state index >= 15 is 0 Å². The molecule has 3 N–H and O–H groups in total. The number of aromatic nitrogens is 1. The van der Waals surface area contributed by atoms with Crippen molar-refractivity contribution in [2.45, 2.75) is 46.6 Å². The van der Waals surface area contributed by atoms with Crippen molar-refractivity contribution in [2.24, 2.45) is 11.1 Å². The molecule has 0 radical (unpaired) electrons. The Kier molecular flexibility index (Phi) is 6.09. The number of hydrogen-bond acceptors (Lipinski definition) is 4. The van der Waals surface area contributed by atoms with Gasteiger partial charge in [0.05, 0.1) is 6.10 Å². The van der Waals surface area contributed by atoms with E-state index < -0.39 is 0 Å². The smallest absolute Gasteiger partial charge is 0.168 e. The number of hydrogen-bond donors (Lipinski definition) is 2. The first-order valence-corrected chi connectivity index (χ1v) is 7.00. The molecule has 0 saturated heterocycles. The molecule has 0 aliphatic rings. The van der Waals surface area contributed by atoms with Gasteiger partial charge in [-0.05, 0) is 50.8 Å². The summed E-state index contributed by atoms with van der Waals surface area (Å²) < 4.78 is 5.75. The summed E-state index contributed by atoms with van der Waals surface area (Å²) in [6.07, 6.45) is 4.08. The predicted molar refractivity (Wildman–Crippen MR) is 80.6 cm³/mol. The molecule has 0 aliphatic carbocycles. The van der Waals surface area contributed by atoms with Gasteiger partial charge in [0, 0.05) is 12.7 Å². The molecule has 1 heterocycles. The summed E-state index contributed by atoms with van der Waals surface area (Å²) in [5, 5.41) is 3.39. The van der Waals surface area contributed by atoms with Crippen molar-refractivity contribution in [3.05, 3.63) is 18.3 Å². The van der Waals surface area contributed by atoms with Gasteiger partial charge in [0.25, 0.3) is 0 Å². The second-order valence-corrected chi connectivity index (χ2v) is 5.93. The number of rotatable bonds is 8. The Labute approximate surface area is 116 Å². The van der Waals surface area contributed by atoms with E-state index in [9.17, 15) is 0 Å². The van der Waals surface area contributed by atoms with E-state index in [1.807, 2.05) is 26.0 Å². The number of nitrogens with zero attached hydrogens (tertiary/aromatic N) is 1. The summed E-state index contributed by atoms with van der Waals surface area (Å²) in [6.45, 7) is 10.1. The molecule has 0 amide bonds. The van der Waals surface area contributed by atoms with Crippen LogP contribution in [0, 0.1) is 5.41 Å². The van der Waals surface area contributed by atoms with Crippen LogP contribution in [0.4, 0.5) is 5.82 Å². The summed E-state index contributed by atoms with van der Waals surface area (Å²) in [5.74, 6) is 1.63. The fourth-order valence-corrected chi connectivity index (χ4v) is 1.86. The van der Waals surface area contributed by atoms with Gasteiger partial charge in [0.15, 0.2) is 11.6 Å². The number of ether oxygens (including phenoxy) is 1. The first-order chi connectivity index (χ1) is 8.94. The van der Waals surface area contributed by atoms with Crippen molar-refractivity contribution in [2.75, 3.05) is 18.4 Å². The molecule has 0 spiro atoms. The van der Waals surface area contributed by atoms with Crippen LogP contribution < -0.4 is 15.8 Å². The second-order valence-electron chi connectivity index (χ2n) is 5.93. The van der Waals surface area contributed by atoms with Crippen molar-refractivity contribution in [3.63, 3.8) is 0 Å². The van der Waals surface area contributed by atoms with Crippen molar-refractivity contribution in [1.82, 2.24) is 4.98 Å². The maximum atomic E-state index is 5.75. The fraction of sp³-hybridized carbons (Fsp3) is 0.667. The fourth-order valence-electron chi connectivity index (χ4n) is 1.86. The summed E-state index contributed by atoms with van der Waals surface area (Å²) in [5.41, 5.74) is 5.77. The predicted octanol–water partition coefficient (Wildman–Crippen LogP) is 3.05. The normalized spacial score (nSPS) is 11.7. The maximum Gasteiger partial charge on any atom is 0.168 e. The summed E-state index contributed by atoms with van der Waals surface area (Å²) >= 11 is 0. The standard InChI is InChI=1S/C15H27N3O/c1-12(2)19-13-7-5-10-17-14(13)18-11-15(3,4)8-6-9-16/h5,7,10,12H,6,8-9,11,16H2,1-4H3,(H,17,18). The Bertz CT molecular complexity index is 377. The topological polar surface area (TPSA) is 60.2 Å². The number of nitrogens with two attached hydrogens (primary N) is 1. The molecule has 0 saturated carbocycles. The molecule has 19 heavy (non-hydrogen) atoms. The van der Waals surface area contributed by atoms with Gasteiger partial charge in [0.1, 0.15) is 0 Å². The van der Waals surface area contributed by atoms with E-state index in [1.165, 1.54) is 0 Å². The summed E-state index contributed by atoms with van der Waals surface area (Å²) in [6, 6.07) is 3.84. The third kappa shape index (κ3) is 5.92. The molecule has 0 atom stereocenters. The van der Waals surface area contributed by atoms with Crippen LogP contribution in [-0.2, 0) is 0 Å². The van der Waals surface area contributed by atoms with Gasteiger partial charge in [-0.1, -0.05) is 13.8 Å². The van der Waals surface area contributed by atoms with Crippen molar-refractivity contribution in [1.29, 1.82) is 0 Å². The van der Waals surface area contributed by atoms with Crippen molar-refractivity contribution >= 4 is 5.82 Å². The van der Waals surface area contributed by atoms with E-state index in [0.717, 1.165) is 37.5 Å². The molecule has 1 rings (SSSR count). The van der Waals surface area contributed by atoms with Gasteiger partial charge in [-0.3, -0.25) is 0 Å². The Morgan fingerprint density at radius 1 is 1.42 bits per heavy atom. The van der Waals surface area contributed by atoms with Crippen molar-refractivity contribution in [3.8, 4) is 5.75 Å². The number of pyridine rings is 1. The molecule has 4 heteroatoms. The molecule has 0 bridgehead atoms. The largest absolute Gasteiger partial charge is 0.487 e. The Hall–Kier alpha value is -1.29. The van der Waals surface area contributed by atoms with Gasteiger partial charge in [-0.15, -0.1) is 0 Å². The average molecular weight is 265 g/mol. The van der Waals surface area contributed by atoms with Gasteiger partial charge >= 0.3 is 0 Å². The van der Waals surface area contributed by atoms with Gasteiger partial charge in [-0.25, -0.2) is 4.98 Å².